The van der Waals surface area contributed by atoms with Crippen LogP contribution in [0.25, 0.3) is 11.4 Å². The molecule has 0 bridgehead atoms. The van der Waals surface area contributed by atoms with Crippen molar-refractivity contribution in [1.82, 2.24) is 25.1 Å². The monoisotopic (exact) mass is 390 g/mol. The fraction of sp³-hybridized carbons (Fsp3) is 0.286. The van der Waals surface area contributed by atoms with Crippen molar-refractivity contribution in [2.45, 2.75) is 18.9 Å². The maximum atomic E-state index is 13.2. The van der Waals surface area contributed by atoms with Crippen LogP contribution in [0.4, 0.5) is 5.69 Å². The third kappa shape index (κ3) is 3.73. The summed E-state index contributed by atoms with van der Waals surface area (Å²) in [5.74, 6) is 0.234. The van der Waals surface area contributed by atoms with Gasteiger partial charge in [-0.05, 0) is 34.5 Å². The van der Waals surface area contributed by atoms with Gasteiger partial charge in [-0.25, -0.2) is 4.68 Å². The van der Waals surface area contributed by atoms with E-state index in [1.807, 2.05) is 54.6 Å². The van der Waals surface area contributed by atoms with E-state index < -0.39 is 0 Å². The van der Waals surface area contributed by atoms with Crippen LogP contribution in [0.5, 0.6) is 0 Å². The maximum Gasteiger partial charge on any atom is 0.229 e. The number of nitrogens with one attached hydrogen (secondary N) is 1. The molecule has 1 saturated heterocycles. The van der Waals surface area contributed by atoms with Crippen molar-refractivity contribution < 1.29 is 9.59 Å². The number of piperidine rings is 1. The van der Waals surface area contributed by atoms with Crippen LogP contribution >= 0.6 is 0 Å². The van der Waals surface area contributed by atoms with E-state index >= 15 is 0 Å². The Morgan fingerprint density at radius 1 is 1.10 bits per heavy atom. The average molecular weight is 390 g/mol. The molecule has 3 aromatic rings. The Balaban J connectivity index is 1.59. The van der Waals surface area contributed by atoms with Crippen molar-refractivity contribution in [1.29, 1.82) is 0 Å². The zero-order chi connectivity index (χ0) is 20.4. The summed E-state index contributed by atoms with van der Waals surface area (Å²) in [4.78, 5) is 27.1. The lowest BCUT2D eigenvalue weighted by Gasteiger charge is -2.38. The van der Waals surface area contributed by atoms with Crippen LogP contribution in [0.3, 0.4) is 0 Å². The minimum atomic E-state index is -0.333. The molecule has 29 heavy (non-hydrogen) atoms. The third-order valence-corrected chi connectivity index (χ3v) is 5.35. The van der Waals surface area contributed by atoms with E-state index in [1.54, 1.807) is 23.7 Å². The molecule has 0 radical (unpaired) electrons. The normalized spacial score (nSPS) is 19.2. The first kappa shape index (κ1) is 18.8. The van der Waals surface area contributed by atoms with Crippen LogP contribution in [-0.4, -0.2) is 44.0 Å². The largest absolute Gasteiger partial charge is 0.338 e. The highest BCUT2D eigenvalue weighted by Crippen LogP contribution is 2.36. The lowest BCUT2D eigenvalue weighted by molar-refractivity contribution is -0.140. The van der Waals surface area contributed by atoms with E-state index in [1.165, 1.54) is 0 Å². The number of carbonyl (C=O) groups excluding carboxylic acids is 2. The number of tetrazole rings is 1. The molecular weight excluding hydrogens is 368 g/mol. The number of nitrogens with zero attached hydrogens (tertiary/aromatic N) is 5. The first-order valence-electron chi connectivity index (χ1n) is 9.49. The second-order valence-electron chi connectivity index (χ2n) is 7.20. The molecule has 0 spiro atoms. The number of aryl methyl sites for hydroxylation is 1. The quantitative estimate of drug-likeness (QED) is 0.739. The van der Waals surface area contributed by atoms with Crippen molar-refractivity contribution in [3.05, 3.63) is 60.2 Å². The van der Waals surface area contributed by atoms with Crippen molar-refractivity contribution in [2.24, 2.45) is 13.0 Å². The Morgan fingerprint density at radius 2 is 1.90 bits per heavy atom. The van der Waals surface area contributed by atoms with Gasteiger partial charge in [0.05, 0.1) is 12.0 Å². The smallest absolute Gasteiger partial charge is 0.229 e. The van der Waals surface area contributed by atoms with Crippen LogP contribution in [0.1, 0.15) is 24.4 Å². The Kier molecular flexibility index (Phi) is 5.07. The van der Waals surface area contributed by atoms with Gasteiger partial charge in [0.15, 0.2) is 5.82 Å². The molecule has 1 N–H and O–H groups in total. The molecule has 8 heteroatoms. The molecule has 8 nitrogen and oxygen atoms in total. The summed E-state index contributed by atoms with van der Waals surface area (Å²) >= 11 is 0. The molecule has 2 unspecified atom stereocenters. The third-order valence-electron chi connectivity index (χ3n) is 5.35. The lowest BCUT2D eigenvalue weighted by atomic mass is 9.84. The number of hydrogen-bond donors (Lipinski definition) is 1. The second-order valence-corrected chi connectivity index (χ2v) is 7.20. The number of rotatable bonds is 4. The number of carbonyl (C=O) groups is 2. The van der Waals surface area contributed by atoms with Crippen molar-refractivity contribution in [3.63, 3.8) is 0 Å². The van der Waals surface area contributed by atoms with Crippen molar-refractivity contribution in [2.75, 3.05) is 12.4 Å². The zero-order valence-electron chi connectivity index (χ0n) is 16.3. The first-order chi connectivity index (χ1) is 14.0. The van der Waals surface area contributed by atoms with Gasteiger partial charge in [0.25, 0.3) is 0 Å². The number of anilines is 1. The number of amides is 2. The van der Waals surface area contributed by atoms with E-state index in [2.05, 4.69) is 20.8 Å². The summed E-state index contributed by atoms with van der Waals surface area (Å²) in [5.41, 5.74) is 2.44. The van der Waals surface area contributed by atoms with Crippen LogP contribution in [0.2, 0.25) is 0 Å². The second kappa shape index (κ2) is 7.83. The number of aromatic nitrogens is 4. The van der Waals surface area contributed by atoms with Gasteiger partial charge in [-0.15, -0.1) is 5.10 Å². The van der Waals surface area contributed by atoms with Crippen molar-refractivity contribution in [3.8, 4) is 11.4 Å². The highest BCUT2D eigenvalue weighted by atomic mass is 16.2. The van der Waals surface area contributed by atoms with Gasteiger partial charge < -0.3 is 10.2 Å². The molecule has 2 amide bonds. The molecule has 2 aromatic carbocycles. The van der Waals surface area contributed by atoms with E-state index in [9.17, 15) is 9.59 Å². The lowest BCUT2D eigenvalue weighted by Crippen LogP contribution is -2.44. The summed E-state index contributed by atoms with van der Waals surface area (Å²) in [7, 11) is 3.53. The van der Waals surface area contributed by atoms with E-state index in [4.69, 9.17) is 0 Å². The van der Waals surface area contributed by atoms with Gasteiger partial charge in [-0.2, -0.15) is 0 Å². The summed E-state index contributed by atoms with van der Waals surface area (Å²) < 4.78 is 1.58. The Morgan fingerprint density at radius 3 is 2.62 bits per heavy atom. The molecule has 2 atom stereocenters. The minimum Gasteiger partial charge on any atom is -0.338 e. The molecule has 1 aliphatic heterocycles. The zero-order valence-corrected chi connectivity index (χ0v) is 16.3. The summed E-state index contributed by atoms with van der Waals surface area (Å²) in [6, 6.07) is 16.8. The van der Waals surface area contributed by atoms with Crippen LogP contribution in [-0.2, 0) is 16.6 Å². The summed E-state index contributed by atoms with van der Waals surface area (Å²) in [6.07, 6.45) is 0.879. The predicted molar refractivity (Wildman–Crippen MR) is 108 cm³/mol. The first-order valence-corrected chi connectivity index (χ1v) is 9.49. The SMILES string of the molecule is CN1C(=O)CCC(C(=O)Nc2cccc(-c3nnnn3C)c2)C1c1ccccc1. The number of likely N-dealkylation sites (tertiary alicyclic amines) is 1. The van der Waals surface area contributed by atoms with Crippen LogP contribution in [0.15, 0.2) is 54.6 Å². The fourth-order valence-electron chi connectivity index (χ4n) is 3.86. The molecule has 1 aromatic heterocycles. The Hall–Kier alpha value is -3.55. The fourth-order valence-corrected chi connectivity index (χ4v) is 3.86. The van der Waals surface area contributed by atoms with Gasteiger partial charge in [0.2, 0.25) is 11.8 Å². The molecule has 1 fully saturated rings. The average Bonchev–Trinajstić information content (AvgIpc) is 3.16. The van der Waals surface area contributed by atoms with Gasteiger partial charge in [-0.1, -0.05) is 42.5 Å². The molecule has 0 saturated carbocycles. The van der Waals surface area contributed by atoms with E-state index in [0.717, 1.165) is 11.1 Å². The molecule has 148 valence electrons. The molecular formula is C21H22N6O2. The van der Waals surface area contributed by atoms with Crippen molar-refractivity contribution >= 4 is 17.5 Å². The molecule has 0 aliphatic carbocycles. The topological polar surface area (TPSA) is 93.0 Å². The predicted octanol–water partition coefficient (Wildman–Crippen LogP) is 2.43. The van der Waals surface area contributed by atoms with Gasteiger partial charge in [0, 0.05) is 31.8 Å². The molecule has 2 heterocycles. The highest BCUT2D eigenvalue weighted by molar-refractivity contribution is 5.95. The Labute approximate surface area is 168 Å². The maximum absolute atomic E-state index is 13.2. The van der Waals surface area contributed by atoms with E-state index in [0.29, 0.717) is 24.4 Å². The minimum absolute atomic E-state index is 0.0553. The number of benzene rings is 2. The van der Waals surface area contributed by atoms with Gasteiger partial charge in [-0.3, -0.25) is 9.59 Å². The van der Waals surface area contributed by atoms with E-state index in [-0.39, 0.29) is 23.8 Å². The Bertz CT molecular complexity index is 1030. The van der Waals surface area contributed by atoms with Gasteiger partial charge in [0.1, 0.15) is 0 Å². The highest BCUT2D eigenvalue weighted by Gasteiger charge is 2.38. The summed E-state index contributed by atoms with van der Waals surface area (Å²) in [6.45, 7) is 0. The molecule has 1 aliphatic rings. The van der Waals surface area contributed by atoms with Crippen LogP contribution in [0, 0.1) is 5.92 Å². The van der Waals surface area contributed by atoms with Crippen LogP contribution < -0.4 is 5.32 Å². The number of hydrogen-bond acceptors (Lipinski definition) is 5. The van der Waals surface area contributed by atoms with Gasteiger partial charge >= 0.3 is 0 Å². The molecule has 4 rings (SSSR count). The summed E-state index contributed by atoms with van der Waals surface area (Å²) in [5, 5.41) is 14.5. The standard InChI is InChI=1S/C21H22N6O2/c1-26-18(28)12-11-17(19(26)14-7-4-3-5-8-14)21(29)22-16-10-6-9-15(13-16)20-23-24-25-27(20)2/h3-10,13,17,19H,11-12H2,1-2H3,(H,22,29).